The van der Waals surface area contributed by atoms with E-state index in [2.05, 4.69) is 11.8 Å². The van der Waals surface area contributed by atoms with Crippen LogP contribution in [0.4, 0.5) is 5.95 Å². The summed E-state index contributed by atoms with van der Waals surface area (Å²) in [6.45, 7) is 5.97. The number of nitrogens with zero attached hydrogens (tertiary/aromatic N) is 5. The van der Waals surface area contributed by atoms with Gasteiger partial charge in [0, 0.05) is 50.7 Å². The lowest BCUT2D eigenvalue weighted by molar-refractivity contribution is 0.307. The lowest BCUT2D eigenvalue weighted by Gasteiger charge is -2.31. The van der Waals surface area contributed by atoms with Crippen LogP contribution in [-0.4, -0.2) is 66.3 Å². The molecule has 1 aromatic heterocycles. The summed E-state index contributed by atoms with van der Waals surface area (Å²) in [4.78, 5) is 11.8. The molecule has 4 rings (SSSR count). The van der Waals surface area contributed by atoms with E-state index in [1.807, 2.05) is 0 Å². The van der Waals surface area contributed by atoms with Crippen LogP contribution in [0.15, 0.2) is 0 Å². The molecule has 3 aliphatic rings. The third-order valence-corrected chi connectivity index (χ3v) is 8.12. The molecule has 0 spiro atoms. The lowest BCUT2D eigenvalue weighted by Crippen LogP contribution is -2.47. The maximum atomic E-state index is 13.0. The second-order valence-electron chi connectivity index (χ2n) is 7.95. The number of piperidine rings is 1. The van der Waals surface area contributed by atoms with Crippen molar-refractivity contribution in [3.8, 4) is 0 Å². The van der Waals surface area contributed by atoms with Gasteiger partial charge in [-0.15, -0.1) is 0 Å². The number of rotatable bonds is 3. The number of hydrogen-bond donors (Lipinski definition) is 0. The maximum absolute atomic E-state index is 13.0. The predicted octanol–water partition coefficient (Wildman–Crippen LogP) is 1.91. The van der Waals surface area contributed by atoms with Crippen molar-refractivity contribution < 1.29 is 8.42 Å². The minimum absolute atomic E-state index is 0.512. The number of aryl methyl sites for hydroxylation is 2. The molecule has 27 heavy (non-hydrogen) atoms. The minimum Gasteiger partial charge on any atom is -0.339 e. The van der Waals surface area contributed by atoms with Crippen molar-refractivity contribution in [2.24, 2.45) is 0 Å². The van der Waals surface area contributed by atoms with E-state index in [-0.39, 0.29) is 0 Å². The van der Waals surface area contributed by atoms with Crippen molar-refractivity contribution in [1.82, 2.24) is 18.6 Å². The van der Waals surface area contributed by atoms with Gasteiger partial charge in [0.1, 0.15) is 0 Å². The molecule has 0 N–H and O–H groups in total. The van der Waals surface area contributed by atoms with Gasteiger partial charge in [0.2, 0.25) is 5.95 Å². The first-order valence-corrected chi connectivity index (χ1v) is 11.8. The quantitative estimate of drug-likeness (QED) is 0.785. The van der Waals surface area contributed by atoms with Crippen LogP contribution in [0.2, 0.25) is 0 Å². The molecule has 0 amide bonds. The smallest absolute Gasteiger partial charge is 0.282 e. The molecule has 0 aromatic carbocycles. The van der Waals surface area contributed by atoms with Crippen LogP contribution < -0.4 is 4.90 Å². The van der Waals surface area contributed by atoms with Gasteiger partial charge in [0.15, 0.2) is 0 Å². The average molecular weight is 394 g/mol. The molecular weight excluding hydrogens is 362 g/mol. The number of fused-ring (bicyclic) bond motifs is 1. The molecular formula is C19H31N5O2S. The van der Waals surface area contributed by atoms with Gasteiger partial charge in [0.25, 0.3) is 10.2 Å². The standard InChI is InChI=1S/C19H31N5O2S/c1-16-17-8-3-4-9-18(17)21-19(20-16)22-10-7-13-24(15-14-22)27(25,26)23-11-5-2-6-12-23/h2-15H2,1H3. The summed E-state index contributed by atoms with van der Waals surface area (Å²) in [5.74, 6) is 0.783. The first kappa shape index (κ1) is 19.1. The SMILES string of the molecule is Cc1nc(N2CCCN(S(=O)(=O)N3CCCCC3)CC2)nc2c1CCCC2. The molecule has 3 heterocycles. The van der Waals surface area contributed by atoms with Crippen molar-refractivity contribution in [3.05, 3.63) is 17.0 Å². The summed E-state index contributed by atoms with van der Waals surface area (Å²) >= 11 is 0. The highest BCUT2D eigenvalue weighted by Gasteiger charge is 2.32. The second kappa shape index (κ2) is 8.01. The Morgan fingerprint density at radius 2 is 1.44 bits per heavy atom. The second-order valence-corrected chi connectivity index (χ2v) is 9.88. The molecule has 2 fully saturated rings. The third kappa shape index (κ3) is 3.98. The monoisotopic (exact) mass is 393 g/mol. The summed E-state index contributed by atoms with van der Waals surface area (Å²) in [7, 11) is -3.34. The van der Waals surface area contributed by atoms with Crippen LogP contribution in [0.3, 0.4) is 0 Å². The number of anilines is 1. The molecule has 150 valence electrons. The topological polar surface area (TPSA) is 69.6 Å². The van der Waals surface area contributed by atoms with Crippen LogP contribution in [0.5, 0.6) is 0 Å². The highest BCUT2D eigenvalue weighted by molar-refractivity contribution is 7.86. The molecule has 7 nitrogen and oxygen atoms in total. The van der Waals surface area contributed by atoms with Gasteiger partial charge >= 0.3 is 0 Å². The fraction of sp³-hybridized carbons (Fsp3) is 0.789. The molecule has 1 aromatic rings. The van der Waals surface area contributed by atoms with Crippen molar-refractivity contribution in [3.63, 3.8) is 0 Å². The van der Waals surface area contributed by atoms with Crippen LogP contribution >= 0.6 is 0 Å². The van der Waals surface area contributed by atoms with E-state index < -0.39 is 10.2 Å². The largest absolute Gasteiger partial charge is 0.339 e. The van der Waals surface area contributed by atoms with Gasteiger partial charge in [-0.2, -0.15) is 17.0 Å². The van der Waals surface area contributed by atoms with Crippen LogP contribution in [0, 0.1) is 6.92 Å². The molecule has 0 saturated carbocycles. The Morgan fingerprint density at radius 3 is 2.26 bits per heavy atom. The normalized spacial score (nSPS) is 23.1. The van der Waals surface area contributed by atoms with Crippen molar-refractivity contribution in [2.45, 2.75) is 58.3 Å². The van der Waals surface area contributed by atoms with E-state index in [1.54, 1.807) is 8.61 Å². The van der Waals surface area contributed by atoms with E-state index in [0.717, 1.165) is 56.7 Å². The first-order valence-electron chi connectivity index (χ1n) is 10.4. The van der Waals surface area contributed by atoms with Gasteiger partial charge in [-0.3, -0.25) is 0 Å². The Morgan fingerprint density at radius 1 is 0.741 bits per heavy atom. The molecule has 2 aliphatic heterocycles. The fourth-order valence-corrected chi connectivity index (χ4v) is 6.21. The summed E-state index contributed by atoms with van der Waals surface area (Å²) < 4.78 is 29.3. The van der Waals surface area contributed by atoms with Crippen molar-refractivity contribution in [1.29, 1.82) is 0 Å². The lowest BCUT2D eigenvalue weighted by atomic mass is 9.95. The molecule has 0 radical (unpaired) electrons. The van der Waals surface area contributed by atoms with Gasteiger partial charge in [-0.25, -0.2) is 9.97 Å². The Labute approximate surface area is 163 Å². The molecule has 0 unspecified atom stereocenters. The van der Waals surface area contributed by atoms with Gasteiger partial charge in [-0.1, -0.05) is 6.42 Å². The summed E-state index contributed by atoms with van der Waals surface area (Å²) in [5, 5.41) is 0. The fourth-order valence-electron chi connectivity index (χ4n) is 4.49. The molecule has 0 atom stereocenters. The first-order chi connectivity index (χ1) is 13.1. The third-order valence-electron chi connectivity index (χ3n) is 6.08. The van der Waals surface area contributed by atoms with E-state index >= 15 is 0 Å². The Hall–Kier alpha value is -1.25. The van der Waals surface area contributed by atoms with Crippen LogP contribution in [-0.2, 0) is 23.1 Å². The number of aromatic nitrogens is 2. The minimum atomic E-state index is -3.34. The molecule has 1 aliphatic carbocycles. The Balaban J connectivity index is 1.48. The Kier molecular flexibility index (Phi) is 5.66. The van der Waals surface area contributed by atoms with Crippen LogP contribution in [0.1, 0.15) is 55.5 Å². The van der Waals surface area contributed by atoms with Crippen molar-refractivity contribution in [2.75, 3.05) is 44.2 Å². The highest BCUT2D eigenvalue weighted by Crippen LogP contribution is 2.25. The van der Waals surface area contributed by atoms with Gasteiger partial charge < -0.3 is 4.90 Å². The summed E-state index contributed by atoms with van der Waals surface area (Å²) in [6.07, 6.45) is 8.44. The zero-order valence-electron chi connectivity index (χ0n) is 16.4. The van der Waals surface area contributed by atoms with Crippen LogP contribution in [0.25, 0.3) is 0 Å². The van der Waals surface area contributed by atoms with E-state index in [0.29, 0.717) is 32.7 Å². The van der Waals surface area contributed by atoms with E-state index in [4.69, 9.17) is 9.97 Å². The average Bonchev–Trinajstić information content (AvgIpc) is 2.95. The molecule has 0 bridgehead atoms. The van der Waals surface area contributed by atoms with E-state index in [1.165, 1.54) is 24.1 Å². The molecule has 8 heteroatoms. The Bertz CT molecular complexity index is 777. The predicted molar refractivity (Wildman–Crippen MR) is 106 cm³/mol. The number of hydrogen-bond acceptors (Lipinski definition) is 5. The summed E-state index contributed by atoms with van der Waals surface area (Å²) in [5.41, 5.74) is 3.62. The summed E-state index contributed by atoms with van der Waals surface area (Å²) in [6, 6.07) is 0. The van der Waals surface area contributed by atoms with Gasteiger partial charge in [0.05, 0.1) is 0 Å². The van der Waals surface area contributed by atoms with Crippen molar-refractivity contribution >= 4 is 16.2 Å². The van der Waals surface area contributed by atoms with E-state index in [9.17, 15) is 8.42 Å². The zero-order chi connectivity index (χ0) is 18.9. The highest BCUT2D eigenvalue weighted by atomic mass is 32.2. The van der Waals surface area contributed by atoms with Gasteiger partial charge in [-0.05, 0) is 57.4 Å². The molecule has 2 saturated heterocycles. The zero-order valence-corrected chi connectivity index (χ0v) is 17.2. The maximum Gasteiger partial charge on any atom is 0.282 e.